The maximum Gasteiger partial charge on any atom is 0.274 e. The number of nitrogens with zero attached hydrogens (tertiary/aromatic N) is 1. The first-order chi connectivity index (χ1) is 10.2. The van der Waals surface area contributed by atoms with Crippen molar-refractivity contribution in [3.05, 3.63) is 29.8 Å². The van der Waals surface area contributed by atoms with Crippen LogP contribution >= 0.6 is 0 Å². The molecule has 124 valence electrons. The van der Waals surface area contributed by atoms with Gasteiger partial charge in [-0.3, -0.25) is 0 Å². The number of benzene rings is 1. The molecule has 0 amide bonds. The van der Waals surface area contributed by atoms with Gasteiger partial charge < -0.3 is 0 Å². The first-order valence-corrected chi connectivity index (χ1v) is 10.0. The third-order valence-electron chi connectivity index (χ3n) is 3.72. The average molecular weight is 347 g/mol. The van der Waals surface area contributed by atoms with E-state index in [1.54, 1.807) is 24.3 Å². The number of hydrogen-bond donors (Lipinski definition) is 2. The molecule has 1 aliphatic rings. The molecule has 1 fully saturated rings. The Bertz CT molecular complexity index is 714. The second-order valence-electron chi connectivity index (χ2n) is 5.47. The fraction of sp³-hybridized carbons (Fsp3) is 0.538. The van der Waals surface area contributed by atoms with Gasteiger partial charge in [-0.15, -0.1) is 0 Å². The van der Waals surface area contributed by atoms with Gasteiger partial charge in [0.15, 0.2) is 0 Å². The topological polar surface area (TPSA) is 110 Å². The number of nitrogens with one attached hydrogen (secondary N) is 1. The van der Waals surface area contributed by atoms with Gasteiger partial charge in [0, 0.05) is 19.1 Å². The van der Waals surface area contributed by atoms with Crippen LogP contribution in [-0.2, 0) is 20.2 Å². The molecule has 7 nitrogen and oxygen atoms in total. The van der Waals surface area contributed by atoms with E-state index in [2.05, 4.69) is 4.72 Å². The summed E-state index contributed by atoms with van der Waals surface area (Å²) < 4.78 is 51.1. The predicted octanol–water partition coefficient (Wildman–Crippen LogP) is 0.331. The van der Waals surface area contributed by atoms with Gasteiger partial charge in [0.05, 0.1) is 4.90 Å². The summed E-state index contributed by atoms with van der Waals surface area (Å²) in [6, 6.07) is 6.22. The van der Waals surface area contributed by atoms with E-state index < -0.39 is 26.3 Å². The standard InChI is InChI=1S/C13H21N3O4S2/c1-11-5-7-13(8-6-11)21(17,18)16-9-3-2-4-12(16)10-15-22(14,19)20/h5-8,12,15H,2-4,9-10H2,1H3,(H2,14,19,20). The fourth-order valence-corrected chi connectivity index (χ4v) is 4.67. The van der Waals surface area contributed by atoms with Gasteiger partial charge in [0.1, 0.15) is 0 Å². The molecule has 0 saturated carbocycles. The van der Waals surface area contributed by atoms with Crippen LogP contribution in [0.15, 0.2) is 29.2 Å². The minimum Gasteiger partial charge on any atom is -0.216 e. The third kappa shape index (κ3) is 4.26. The summed E-state index contributed by atoms with van der Waals surface area (Å²) in [5, 5.41) is 4.93. The number of rotatable bonds is 5. The smallest absolute Gasteiger partial charge is 0.216 e. The molecule has 1 aliphatic heterocycles. The molecular weight excluding hydrogens is 326 g/mol. The van der Waals surface area contributed by atoms with E-state index in [-0.39, 0.29) is 11.4 Å². The zero-order valence-corrected chi connectivity index (χ0v) is 14.0. The van der Waals surface area contributed by atoms with E-state index in [1.807, 2.05) is 6.92 Å². The molecule has 1 aromatic carbocycles. The van der Waals surface area contributed by atoms with Gasteiger partial charge in [-0.25, -0.2) is 18.3 Å². The summed E-state index contributed by atoms with van der Waals surface area (Å²) >= 11 is 0. The highest BCUT2D eigenvalue weighted by Gasteiger charge is 2.33. The highest BCUT2D eigenvalue weighted by molar-refractivity contribution is 7.89. The average Bonchev–Trinajstić information content (AvgIpc) is 2.45. The van der Waals surface area contributed by atoms with Crippen LogP contribution in [0, 0.1) is 6.92 Å². The van der Waals surface area contributed by atoms with Crippen LogP contribution in [0.25, 0.3) is 0 Å². The van der Waals surface area contributed by atoms with E-state index in [1.165, 1.54) is 4.31 Å². The summed E-state index contributed by atoms with van der Waals surface area (Å²) in [7, 11) is -7.47. The van der Waals surface area contributed by atoms with Gasteiger partial charge >= 0.3 is 0 Å². The van der Waals surface area contributed by atoms with E-state index >= 15 is 0 Å². The number of nitrogens with two attached hydrogens (primary N) is 1. The molecule has 1 heterocycles. The molecule has 1 atom stereocenters. The van der Waals surface area contributed by atoms with Crippen molar-refractivity contribution >= 4 is 20.2 Å². The van der Waals surface area contributed by atoms with Gasteiger partial charge in [-0.05, 0) is 31.9 Å². The number of hydrogen-bond acceptors (Lipinski definition) is 4. The number of sulfonamides is 1. The Kier molecular flexibility index (Phi) is 5.23. The van der Waals surface area contributed by atoms with Gasteiger partial charge in [-0.1, -0.05) is 24.1 Å². The van der Waals surface area contributed by atoms with Crippen molar-refractivity contribution in [2.45, 2.75) is 37.1 Å². The SMILES string of the molecule is Cc1ccc(S(=O)(=O)N2CCCCC2CNS(N)(=O)=O)cc1. The van der Waals surface area contributed by atoms with Crippen LogP contribution in [0.2, 0.25) is 0 Å². The third-order valence-corrected chi connectivity index (χ3v) is 6.26. The van der Waals surface area contributed by atoms with E-state index in [0.717, 1.165) is 18.4 Å². The van der Waals surface area contributed by atoms with Crippen molar-refractivity contribution in [1.29, 1.82) is 0 Å². The zero-order valence-electron chi connectivity index (χ0n) is 12.4. The molecule has 0 radical (unpaired) electrons. The molecule has 0 aliphatic carbocycles. The van der Waals surface area contributed by atoms with Crippen molar-refractivity contribution in [3.8, 4) is 0 Å². The van der Waals surface area contributed by atoms with E-state index in [4.69, 9.17) is 5.14 Å². The summed E-state index contributed by atoms with van der Waals surface area (Å²) in [6.07, 6.45) is 2.22. The summed E-state index contributed by atoms with van der Waals surface area (Å²) in [5.74, 6) is 0. The van der Waals surface area contributed by atoms with Crippen LogP contribution in [0.4, 0.5) is 0 Å². The van der Waals surface area contributed by atoms with Gasteiger partial charge in [-0.2, -0.15) is 12.7 Å². The molecule has 0 spiro atoms. The lowest BCUT2D eigenvalue weighted by atomic mass is 10.1. The Morgan fingerprint density at radius 1 is 1.18 bits per heavy atom. The first-order valence-electron chi connectivity index (χ1n) is 7.06. The summed E-state index contributed by atoms with van der Waals surface area (Å²) in [6.45, 7) is 2.26. The maximum absolute atomic E-state index is 12.8. The Hall–Kier alpha value is -1.00. The van der Waals surface area contributed by atoms with Gasteiger partial charge in [0.2, 0.25) is 10.0 Å². The quantitative estimate of drug-likeness (QED) is 0.800. The Morgan fingerprint density at radius 2 is 1.82 bits per heavy atom. The van der Waals surface area contributed by atoms with Crippen molar-refractivity contribution in [3.63, 3.8) is 0 Å². The minimum atomic E-state index is -3.83. The molecule has 3 N–H and O–H groups in total. The monoisotopic (exact) mass is 347 g/mol. The Balaban J connectivity index is 2.24. The second kappa shape index (κ2) is 6.63. The molecule has 0 aromatic heterocycles. The molecule has 1 aromatic rings. The second-order valence-corrected chi connectivity index (χ2v) is 8.74. The van der Waals surface area contributed by atoms with Crippen LogP contribution in [-0.4, -0.2) is 40.3 Å². The molecule has 0 bridgehead atoms. The van der Waals surface area contributed by atoms with Crippen LogP contribution < -0.4 is 9.86 Å². The van der Waals surface area contributed by atoms with Crippen LogP contribution in [0.3, 0.4) is 0 Å². The van der Waals surface area contributed by atoms with Crippen molar-refractivity contribution in [1.82, 2.24) is 9.03 Å². The molecule has 9 heteroatoms. The Labute approximate surface area is 131 Å². The van der Waals surface area contributed by atoms with E-state index in [0.29, 0.717) is 13.0 Å². The molecule has 22 heavy (non-hydrogen) atoms. The number of piperidine rings is 1. The Morgan fingerprint density at radius 3 is 2.41 bits per heavy atom. The minimum absolute atomic E-state index is 0.01000. The lowest BCUT2D eigenvalue weighted by molar-refractivity contribution is 0.253. The maximum atomic E-state index is 12.8. The van der Waals surface area contributed by atoms with Crippen molar-refractivity contribution in [2.24, 2.45) is 5.14 Å². The zero-order chi connectivity index (χ0) is 16.4. The fourth-order valence-electron chi connectivity index (χ4n) is 2.55. The lowest BCUT2D eigenvalue weighted by Gasteiger charge is -2.34. The highest BCUT2D eigenvalue weighted by atomic mass is 32.2. The largest absolute Gasteiger partial charge is 0.274 e. The van der Waals surface area contributed by atoms with Crippen LogP contribution in [0.1, 0.15) is 24.8 Å². The number of aryl methyl sites for hydroxylation is 1. The highest BCUT2D eigenvalue weighted by Crippen LogP contribution is 2.25. The van der Waals surface area contributed by atoms with Gasteiger partial charge in [0.25, 0.3) is 10.2 Å². The molecule has 2 rings (SSSR count). The molecular formula is C13H21N3O4S2. The molecule has 1 unspecified atom stereocenters. The van der Waals surface area contributed by atoms with Crippen molar-refractivity contribution < 1.29 is 16.8 Å². The molecule has 1 saturated heterocycles. The van der Waals surface area contributed by atoms with E-state index in [9.17, 15) is 16.8 Å². The lowest BCUT2D eigenvalue weighted by Crippen LogP contribution is -2.50. The van der Waals surface area contributed by atoms with Crippen molar-refractivity contribution in [2.75, 3.05) is 13.1 Å². The predicted molar refractivity (Wildman–Crippen MR) is 83.8 cm³/mol. The normalized spacial score (nSPS) is 20.9. The summed E-state index contributed by atoms with van der Waals surface area (Å²) in [4.78, 5) is 0.223. The summed E-state index contributed by atoms with van der Waals surface area (Å²) in [5.41, 5.74) is 0.977. The first kappa shape index (κ1) is 17.4. The van der Waals surface area contributed by atoms with Crippen LogP contribution in [0.5, 0.6) is 0 Å².